The topological polar surface area (TPSA) is 85.5 Å². The Kier molecular flexibility index (Phi) is 3.76. The van der Waals surface area contributed by atoms with Crippen LogP contribution in [-0.2, 0) is 6.54 Å². The summed E-state index contributed by atoms with van der Waals surface area (Å²) in [7, 11) is 0. The molecule has 0 aliphatic carbocycles. The zero-order valence-electron chi connectivity index (χ0n) is 13.8. The highest BCUT2D eigenvalue weighted by Crippen LogP contribution is 2.24. The minimum Gasteiger partial charge on any atom is -0.347 e. The third-order valence-electron chi connectivity index (χ3n) is 4.62. The number of hydrogen-bond acceptors (Lipinski definition) is 4. The summed E-state index contributed by atoms with van der Waals surface area (Å²) >= 11 is 0. The second kappa shape index (κ2) is 6.11. The number of carbonyl (C=O) groups is 2. The molecule has 7 heteroatoms. The van der Waals surface area contributed by atoms with Crippen LogP contribution in [-0.4, -0.2) is 32.7 Å². The van der Waals surface area contributed by atoms with Crippen molar-refractivity contribution in [3.63, 3.8) is 0 Å². The van der Waals surface area contributed by atoms with E-state index in [9.17, 15) is 19.7 Å². The minimum absolute atomic E-state index is 0.0567. The number of hydrogen-bond donors (Lipinski definition) is 0. The highest BCUT2D eigenvalue weighted by Gasteiger charge is 2.34. The van der Waals surface area contributed by atoms with E-state index >= 15 is 0 Å². The van der Waals surface area contributed by atoms with E-state index in [1.54, 1.807) is 30.3 Å². The quantitative estimate of drug-likeness (QED) is 0.402. The van der Waals surface area contributed by atoms with Crippen LogP contribution in [0.2, 0.25) is 0 Å². The van der Waals surface area contributed by atoms with Crippen molar-refractivity contribution in [2.75, 3.05) is 6.54 Å². The number of carbonyl (C=O) groups excluding carboxylic acids is 2. The van der Waals surface area contributed by atoms with Gasteiger partial charge in [-0.05, 0) is 30.7 Å². The number of non-ortho nitro benzene ring substituents is 1. The predicted octanol–water partition coefficient (Wildman–Crippen LogP) is 3.24. The van der Waals surface area contributed by atoms with Crippen LogP contribution in [0.4, 0.5) is 5.69 Å². The molecular formula is C19H15N3O4. The Labute approximate surface area is 148 Å². The van der Waals surface area contributed by atoms with Crippen molar-refractivity contribution in [3.05, 3.63) is 76.0 Å². The van der Waals surface area contributed by atoms with Crippen molar-refractivity contribution in [3.8, 4) is 0 Å². The van der Waals surface area contributed by atoms with Crippen molar-refractivity contribution >= 4 is 28.4 Å². The van der Waals surface area contributed by atoms with Crippen molar-refractivity contribution in [1.29, 1.82) is 0 Å². The summed E-state index contributed by atoms with van der Waals surface area (Å²) in [4.78, 5) is 36.4. The fraction of sp³-hybridized carbons (Fsp3) is 0.158. The van der Waals surface area contributed by atoms with Gasteiger partial charge in [0.15, 0.2) is 0 Å². The number of benzene rings is 2. The fourth-order valence-corrected chi connectivity index (χ4v) is 3.34. The second-order valence-electron chi connectivity index (χ2n) is 6.17. The zero-order chi connectivity index (χ0) is 18.3. The average molecular weight is 349 g/mol. The van der Waals surface area contributed by atoms with Crippen LogP contribution in [0.25, 0.3) is 10.9 Å². The van der Waals surface area contributed by atoms with Crippen LogP contribution < -0.4 is 0 Å². The molecule has 2 amide bonds. The van der Waals surface area contributed by atoms with Gasteiger partial charge < -0.3 is 4.57 Å². The molecule has 0 saturated carbocycles. The number of amides is 2. The van der Waals surface area contributed by atoms with Gasteiger partial charge in [0.1, 0.15) is 0 Å². The Morgan fingerprint density at radius 2 is 1.62 bits per heavy atom. The van der Waals surface area contributed by atoms with Crippen LogP contribution in [0.3, 0.4) is 0 Å². The summed E-state index contributed by atoms with van der Waals surface area (Å²) in [6.07, 6.45) is 2.46. The van der Waals surface area contributed by atoms with Crippen molar-refractivity contribution in [2.45, 2.75) is 13.0 Å². The molecule has 0 spiro atoms. The molecule has 3 aromatic rings. The van der Waals surface area contributed by atoms with Gasteiger partial charge in [-0.1, -0.05) is 12.1 Å². The number of imide groups is 1. The van der Waals surface area contributed by atoms with Gasteiger partial charge in [-0.15, -0.1) is 0 Å². The average Bonchev–Trinajstić information content (AvgIpc) is 3.16. The molecule has 0 bridgehead atoms. The highest BCUT2D eigenvalue weighted by atomic mass is 16.6. The van der Waals surface area contributed by atoms with Crippen LogP contribution in [0.5, 0.6) is 0 Å². The molecule has 130 valence electrons. The molecule has 1 aliphatic heterocycles. The van der Waals surface area contributed by atoms with Crippen LogP contribution in [0.1, 0.15) is 27.1 Å². The lowest BCUT2D eigenvalue weighted by Gasteiger charge is -2.14. The summed E-state index contributed by atoms with van der Waals surface area (Å²) in [6, 6.07) is 13.4. The molecule has 0 atom stereocenters. The number of nitro benzene ring substituents is 1. The van der Waals surface area contributed by atoms with E-state index in [0.717, 1.165) is 10.9 Å². The first-order valence-corrected chi connectivity index (χ1v) is 8.25. The Morgan fingerprint density at radius 3 is 2.27 bits per heavy atom. The molecule has 2 heterocycles. The molecule has 7 nitrogen and oxygen atoms in total. The van der Waals surface area contributed by atoms with E-state index in [2.05, 4.69) is 0 Å². The molecule has 2 aromatic carbocycles. The number of nitrogens with zero attached hydrogens (tertiary/aromatic N) is 3. The van der Waals surface area contributed by atoms with Gasteiger partial charge in [0.05, 0.1) is 16.1 Å². The van der Waals surface area contributed by atoms with Crippen molar-refractivity contribution in [2.24, 2.45) is 0 Å². The van der Waals surface area contributed by atoms with E-state index in [1.165, 1.54) is 17.0 Å². The SMILES string of the molecule is O=C1c2ccccc2C(=O)N1CCCn1ccc2cc([N+](=O)[O-])ccc21. The lowest BCUT2D eigenvalue weighted by molar-refractivity contribution is -0.384. The molecular weight excluding hydrogens is 334 g/mol. The molecule has 1 aliphatic rings. The van der Waals surface area contributed by atoms with Gasteiger partial charge in [-0.3, -0.25) is 24.6 Å². The predicted molar refractivity (Wildman–Crippen MR) is 95.0 cm³/mol. The molecule has 1 aromatic heterocycles. The molecule has 0 radical (unpaired) electrons. The third kappa shape index (κ3) is 2.54. The van der Waals surface area contributed by atoms with Gasteiger partial charge in [-0.2, -0.15) is 0 Å². The Hall–Kier alpha value is -3.48. The maximum absolute atomic E-state index is 12.3. The lowest BCUT2D eigenvalue weighted by atomic mass is 10.1. The Bertz CT molecular complexity index is 1020. The van der Waals surface area contributed by atoms with Gasteiger partial charge in [-0.25, -0.2) is 0 Å². The first-order chi connectivity index (χ1) is 12.6. The summed E-state index contributed by atoms with van der Waals surface area (Å²) < 4.78 is 1.97. The number of nitro groups is 1. The smallest absolute Gasteiger partial charge is 0.270 e. The molecule has 4 rings (SSSR count). The fourth-order valence-electron chi connectivity index (χ4n) is 3.34. The Balaban J connectivity index is 1.46. The maximum Gasteiger partial charge on any atom is 0.270 e. The summed E-state index contributed by atoms with van der Waals surface area (Å²) in [5, 5.41) is 11.6. The van der Waals surface area contributed by atoms with E-state index in [0.29, 0.717) is 30.6 Å². The monoisotopic (exact) mass is 349 g/mol. The van der Waals surface area contributed by atoms with Gasteiger partial charge >= 0.3 is 0 Å². The van der Waals surface area contributed by atoms with E-state index in [1.807, 2.05) is 16.8 Å². The van der Waals surface area contributed by atoms with Gasteiger partial charge in [0.2, 0.25) is 0 Å². The lowest BCUT2D eigenvalue weighted by Crippen LogP contribution is -2.31. The third-order valence-corrected chi connectivity index (χ3v) is 4.62. The first-order valence-electron chi connectivity index (χ1n) is 8.25. The summed E-state index contributed by atoms with van der Waals surface area (Å²) in [5.74, 6) is -0.503. The number of fused-ring (bicyclic) bond motifs is 2. The highest BCUT2D eigenvalue weighted by molar-refractivity contribution is 6.21. The van der Waals surface area contributed by atoms with Crippen LogP contribution in [0.15, 0.2) is 54.7 Å². The summed E-state index contributed by atoms with van der Waals surface area (Å²) in [5.41, 5.74) is 1.85. The molecule has 0 unspecified atom stereocenters. The Morgan fingerprint density at radius 1 is 0.923 bits per heavy atom. The minimum atomic E-state index is -0.418. The van der Waals surface area contributed by atoms with E-state index in [4.69, 9.17) is 0 Å². The molecule has 0 fully saturated rings. The maximum atomic E-state index is 12.3. The van der Waals surface area contributed by atoms with E-state index in [-0.39, 0.29) is 17.5 Å². The normalized spacial score (nSPS) is 13.5. The largest absolute Gasteiger partial charge is 0.347 e. The molecule has 0 N–H and O–H groups in total. The standard InChI is InChI=1S/C19H15N3O4/c23-18-15-4-1-2-5-16(15)19(24)21(18)10-3-9-20-11-8-13-12-14(22(25)26)6-7-17(13)20/h1-2,4-8,11-12H,3,9-10H2. The molecule has 0 saturated heterocycles. The zero-order valence-corrected chi connectivity index (χ0v) is 13.8. The van der Waals surface area contributed by atoms with Gasteiger partial charge in [0, 0.05) is 42.3 Å². The molecule has 26 heavy (non-hydrogen) atoms. The van der Waals surface area contributed by atoms with Crippen LogP contribution in [0, 0.1) is 10.1 Å². The second-order valence-corrected chi connectivity index (χ2v) is 6.17. The number of aryl methyl sites for hydroxylation is 1. The van der Waals surface area contributed by atoms with Gasteiger partial charge in [0.25, 0.3) is 17.5 Å². The van der Waals surface area contributed by atoms with E-state index < -0.39 is 4.92 Å². The van der Waals surface area contributed by atoms with Crippen LogP contribution >= 0.6 is 0 Å². The first kappa shape index (κ1) is 16.0. The van der Waals surface area contributed by atoms with Crippen molar-refractivity contribution in [1.82, 2.24) is 9.47 Å². The van der Waals surface area contributed by atoms with Crippen molar-refractivity contribution < 1.29 is 14.5 Å². The number of aromatic nitrogens is 1. The number of rotatable bonds is 5. The summed E-state index contributed by atoms with van der Waals surface area (Å²) in [6.45, 7) is 0.938.